The Bertz CT molecular complexity index is 1500. The van der Waals surface area contributed by atoms with E-state index in [9.17, 15) is 26.4 Å². The molecule has 3 aromatic rings. The average molecular weight is 549 g/mol. The molecular formula is C27H27F3N2O5S. The zero-order valence-electron chi connectivity index (χ0n) is 20.8. The number of hydrogen-bond acceptors (Lipinski definition) is 6. The van der Waals surface area contributed by atoms with Crippen LogP contribution in [0.15, 0.2) is 54.6 Å². The Morgan fingerprint density at radius 3 is 2.47 bits per heavy atom. The monoisotopic (exact) mass is 548 g/mol. The number of likely N-dealkylation sites (tertiary alicyclic amines) is 1. The molecule has 0 bridgehead atoms. The number of rotatable bonds is 8. The average Bonchev–Trinajstić information content (AvgIpc) is 3.63. The number of carbonyl (C=O) groups is 1. The van der Waals surface area contributed by atoms with Gasteiger partial charge in [0.15, 0.2) is 0 Å². The van der Waals surface area contributed by atoms with Crippen molar-refractivity contribution in [3.63, 3.8) is 0 Å². The summed E-state index contributed by atoms with van der Waals surface area (Å²) in [4.78, 5) is 15.6. The van der Waals surface area contributed by atoms with Crippen LogP contribution in [-0.4, -0.2) is 51.0 Å². The van der Waals surface area contributed by atoms with E-state index in [1.54, 1.807) is 24.3 Å². The molecule has 11 heteroatoms. The van der Waals surface area contributed by atoms with Gasteiger partial charge in [-0.3, -0.25) is 9.69 Å². The van der Waals surface area contributed by atoms with E-state index in [0.717, 1.165) is 18.5 Å². The maximum atomic E-state index is 13.4. The summed E-state index contributed by atoms with van der Waals surface area (Å²) in [6.45, 7) is 3.41. The molecule has 1 unspecified atom stereocenters. The molecule has 1 amide bonds. The largest absolute Gasteiger partial charge is 0.534 e. The zero-order valence-corrected chi connectivity index (χ0v) is 21.7. The van der Waals surface area contributed by atoms with Crippen LogP contribution in [0.1, 0.15) is 40.7 Å². The van der Waals surface area contributed by atoms with Crippen LogP contribution in [0.2, 0.25) is 0 Å². The Kier molecular flexibility index (Phi) is 6.55. The van der Waals surface area contributed by atoms with Crippen LogP contribution in [-0.2, 0) is 15.7 Å². The fraction of sp³-hybridized carbons (Fsp3) is 0.370. The van der Waals surface area contributed by atoms with E-state index >= 15 is 0 Å². The van der Waals surface area contributed by atoms with Crippen molar-refractivity contribution >= 4 is 26.8 Å². The number of fused-ring (bicyclic) bond motifs is 1. The number of nitrogens with zero attached hydrogens (tertiary/aromatic N) is 1. The number of hydrogen-bond donors (Lipinski definition) is 1. The fourth-order valence-electron chi connectivity index (χ4n) is 4.67. The highest BCUT2D eigenvalue weighted by Crippen LogP contribution is 2.48. The number of amides is 1. The van der Waals surface area contributed by atoms with Gasteiger partial charge in [-0.05, 0) is 85.9 Å². The topological polar surface area (TPSA) is 84.9 Å². The SMILES string of the molecule is Cc1ccc(OCC2CCN2C)cc1C(=O)NC1(c2cccc3ccc(OS(=O)(=O)C(F)(F)F)cc23)CC1. The Labute approximate surface area is 218 Å². The third-order valence-corrected chi connectivity index (χ3v) is 8.27. The maximum Gasteiger partial charge on any atom is 0.534 e. The molecular weight excluding hydrogens is 521 g/mol. The van der Waals surface area contributed by atoms with Crippen molar-refractivity contribution in [1.82, 2.24) is 10.2 Å². The highest BCUT2D eigenvalue weighted by molar-refractivity contribution is 7.88. The van der Waals surface area contributed by atoms with E-state index in [-0.39, 0.29) is 5.91 Å². The molecule has 1 saturated heterocycles. The number of halogens is 3. The minimum atomic E-state index is -5.81. The third-order valence-electron chi connectivity index (χ3n) is 7.30. The van der Waals surface area contributed by atoms with Crippen molar-refractivity contribution in [3.05, 3.63) is 71.3 Å². The van der Waals surface area contributed by atoms with Gasteiger partial charge < -0.3 is 14.2 Å². The molecule has 38 heavy (non-hydrogen) atoms. The molecule has 1 aliphatic heterocycles. The van der Waals surface area contributed by atoms with E-state index < -0.39 is 26.9 Å². The van der Waals surface area contributed by atoms with Crippen LogP contribution in [0.25, 0.3) is 10.8 Å². The summed E-state index contributed by atoms with van der Waals surface area (Å²) in [7, 11) is -3.77. The highest BCUT2D eigenvalue weighted by Gasteiger charge is 2.49. The van der Waals surface area contributed by atoms with E-state index in [0.29, 0.717) is 53.1 Å². The number of alkyl halides is 3. The first-order valence-corrected chi connectivity index (χ1v) is 13.6. The summed E-state index contributed by atoms with van der Waals surface area (Å²) in [5.74, 6) is -0.152. The van der Waals surface area contributed by atoms with Crippen molar-refractivity contribution in [3.8, 4) is 11.5 Å². The first-order valence-electron chi connectivity index (χ1n) is 12.2. The first-order chi connectivity index (χ1) is 17.9. The predicted octanol–water partition coefficient (Wildman–Crippen LogP) is 4.88. The minimum absolute atomic E-state index is 0.296. The first kappa shape index (κ1) is 26.3. The highest BCUT2D eigenvalue weighted by atomic mass is 32.2. The van der Waals surface area contributed by atoms with Crippen LogP contribution in [0.5, 0.6) is 11.5 Å². The lowest BCUT2D eigenvalue weighted by Gasteiger charge is -2.37. The number of benzene rings is 3. The van der Waals surface area contributed by atoms with Crippen molar-refractivity contribution in [1.29, 1.82) is 0 Å². The van der Waals surface area contributed by atoms with Gasteiger partial charge in [0.25, 0.3) is 5.91 Å². The summed E-state index contributed by atoms with van der Waals surface area (Å²) in [5, 5.41) is 4.28. The molecule has 1 aliphatic carbocycles. The van der Waals surface area contributed by atoms with Gasteiger partial charge in [0.2, 0.25) is 0 Å². The number of ether oxygens (including phenoxy) is 1. The summed E-state index contributed by atoms with van der Waals surface area (Å²) >= 11 is 0. The Balaban J connectivity index is 1.39. The smallest absolute Gasteiger partial charge is 0.492 e. The molecule has 7 nitrogen and oxygen atoms in total. The molecule has 1 saturated carbocycles. The molecule has 0 spiro atoms. The number of carbonyl (C=O) groups excluding carboxylic acids is 1. The lowest BCUT2D eigenvalue weighted by Crippen LogP contribution is -2.48. The van der Waals surface area contributed by atoms with E-state index in [1.807, 2.05) is 26.1 Å². The van der Waals surface area contributed by atoms with E-state index in [2.05, 4.69) is 14.4 Å². The van der Waals surface area contributed by atoms with Crippen LogP contribution >= 0.6 is 0 Å². The van der Waals surface area contributed by atoms with Gasteiger partial charge in [-0.25, -0.2) is 0 Å². The normalized spacial score (nSPS) is 19.0. The lowest BCUT2D eigenvalue weighted by molar-refractivity contribution is -0.0500. The third kappa shape index (κ3) is 5.04. The van der Waals surface area contributed by atoms with Gasteiger partial charge in [0.05, 0.1) is 5.54 Å². The Hall–Kier alpha value is -3.31. The standard InChI is InChI=1S/C27H27F3N2O5S/c1-17-6-8-20(36-16-19-10-13-32(19)2)14-22(17)25(33)31-26(11-12-26)24-5-3-4-18-7-9-21(15-23(18)24)37-38(34,35)27(28,29)30/h3-9,14-15,19H,10-13,16H2,1-2H3,(H,31,33). The minimum Gasteiger partial charge on any atom is -0.492 e. The van der Waals surface area contributed by atoms with Crippen molar-refractivity contribution in [2.75, 3.05) is 20.2 Å². The van der Waals surface area contributed by atoms with Crippen molar-refractivity contribution in [2.24, 2.45) is 0 Å². The summed E-state index contributed by atoms with van der Waals surface area (Å²) < 4.78 is 71.8. The fourth-order valence-corrected chi connectivity index (χ4v) is 5.13. The van der Waals surface area contributed by atoms with Crippen molar-refractivity contribution < 1.29 is 35.3 Å². The van der Waals surface area contributed by atoms with E-state index in [4.69, 9.17) is 4.74 Å². The molecule has 2 aliphatic rings. The molecule has 1 N–H and O–H groups in total. The second-order valence-electron chi connectivity index (χ2n) is 9.92. The van der Waals surface area contributed by atoms with Crippen molar-refractivity contribution in [2.45, 2.75) is 43.3 Å². The maximum absolute atomic E-state index is 13.4. The number of aryl methyl sites for hydroxylation is 1. The van der Waals surface area contributed by atoms with E-state index in [1.165, 1.54) is 18.2 Å². The molecule has 1 heterocycles. The van der Waals surface area contributed by atoms with Gasteiger partial charge >= 0.3 is 15.6 Å². The number of likely N-dealkylation sites (N-methyl/N-ethyl adjacent to an activating group) is 1. The van der Waals surface area contributed by atoms with Crippen LogP contribution < -0.4 is 14.2 Å². The molecule has 1 atom stereocenters. The molecule has 3 aromatic carbocycles. The van der Waals surface area contributed by atoms with Crippen LogP contribution in [0, 0.1) is 6.92 Å². The summed E-state index contributed by atoms with van der Waals surface area (Å²) in [5.41, 5.74) is -4.36. The number of nitrogens with one attached hydrogen (secondary N) is 1. The lowest BCUT2D eigenvalue weighted by atomic mass is 9.96. The van der Waals surface area contributed by atoms with Gasteiger partial charge in [0.1, 0.15) is 18.1 Å². The predicted molar refractivity (Wildman–Crippen MR) is 136 cm³/mol. The second-order valence-corrected chi connectivity index (χ2v) is 11.5. The molecule has 5 rings (SSSR count). The van der Waals surface area contributed by atoms with Gasteiger partial charge in [0, 0.05) is 11.6 Å². The molecule has 0 aromatic heterocycles. The molecule has 2 fully saturated rings. The quantitative estimate of drug-likeness (QED) is 0.319. The summed E-state index contributed by atoms with van der Waals surface area (Å²) in [6.07, 6.45) is 2.30. The Morgan fingerprint density at radius 2 is 1.84 bits per heavy atom. The van der Waals surface area contributed by atoms with Gasteiger partial charge in [-0.2, -0.15) is 21.6 Å². The van der Waals surface area contributed by atoms with Crippen LogP contribution in [0.3, 0.4) is 0 Å². The molecule has 0 radical (unpaired) electrons. The Morgan fingerprint density at radius 1 is 1.11 bits per heavy atom. The van der Waals surface area contributed by atoms with Gasteiger partial charge in [-0.1, -0.05) is 30.3 Å². The summed E-state index contributed by atoms with van der Waals surface area (Å²) in [6, 6.07) is 15.0. The zero-order chi connectivity index (χ0) is 27.3. The van der Waals surface area contributed by atoms with Gasteiger partial charge in [-0.15, -0.1) is 0 Å². The second kappa shape index (κ2) is 9.46. The molecule has 202 valence electrons. The van der Waals surface area contributed by atoms with Crippen LogP contribution in [0.4, 0.5) is 13.2 Å².